The van der Waals surface area contributed by atoms with Crippen molar-refractivity contribution in [1.29, 1.82) is 0 Å². The molecule has 2 aliphatic heterocycles. The first-order chi connectivity index (χ1) is 48.4. The van der Waals surface area contributed by atoms with Gasteiger partial charge in [0.2, 0.25) is 0 Å². The molecule has 0 amide bonds. The SMILES string of the molecule is C=CCn1c(=O)n(CC=C)c(=O)n(CCCC(C)(C)C)c1=O.CC(C)(C)C.CC(C)(C)C.CC(C)(C)C.CC(C)(C)C.CC(C)(C)CCCN1CCOCC1.CC(C)(C)CCCN1CCOCC1.CC(C)(C)c1ccccc1.CCOC(C)Oc1ccc(C(C)(C)C)cc1.COc1ccc(CC(C)(C)C)cc1. The highest BCUT2D eigenvalue weighted by Gasteiger charge is 2.19. The van der Waals surface area contributed by atoms with Gasteiger partial charge in [-0.2, -0.15) is 0 Å². The molecule has 1 aromatic heterocycles. The van der Waals surface area contributed by atoms with Gasteiger partial charge in [-0.05, 0) is 167 Å². The van der Waals surface area contributed by atoms with Gasteiger partial charge in [-0.3, -0.25) is 9.80 Å². The summed E-state index contributed by atoms with van der Waals surface area (Å²) in [7, 11) is 1.69. The Labute approximate surface area is 661 Å². The van der Waals surface area contributed by atoms with E-state index in [0.29, 0.717) is 62.9 Å². The van der Waals surface area contributed by atoms with Crippen molar-refractivity contribution >= 4 is 0 Å². The summed E-state index contributed by atoms with van der Waals surface area (Å²) in [6.07, 6.45) is 10.7. The molecular formula is C94H173N5O8. The van der Waals surface area contributed by atoms with Crippen LogP contribution in [0.2, 0.25) is 0 Å². The van der Waals surface area contributed by atoms with Crippen molar-refractivity contribution in [3.05, 3.63) is 152 Å². The normalized spacial score (nSPS) is 14.1. The van der Waals surface area contributed by atoms with E-state index >= 15 is 0 Å². The van der Waals surface area contributed by atoms with Crippen molar-refractivity contribution in [2.45, 2.75) is 331 Å². The van der Waals surface area contributed by atoms with Crippen molar-refractivity contribution in [2.24, 2.45) is 43.3 Å². The highest BCUT2D eigenvalue weighted by atomic mass is 16.7. The summed E-state index contributed by atoms with van der Waals surface area (Å²) in [4.78, 5) is 41.9. The maximum atomic E-state index is 12.4. The number of ether oxygens (including phenoxy) is 5. The van der Waals surface area contributed by atoms with Gasteiger partial charge in [-0.25, -0.2) is 28.1 Å². The number of nitrogens with zero attached hydrogens (tertiary/aromatic N) is 5. The lowest BCUT2D eigenvalue weighted by Gasteiger charge is -2.27. The molecule has 622 valence electrons. The molecule has 13 nitrogen and oxygen atoms in total. The van der Waals surface area contributed by atoms with E-state index in [4.69, 9.17) is 23.7 Å². The van der Waals surface area contributed by atoms with Crippen LogP contribution in [0, 0.1) is 43.3 Å². The molecule has 3 aromatic carbocycles. The Morgan fingerprint density at radius 2 is 0.710 bits per heavy atom. The maximum absolute atomic E-state index is 12.4. The topological polar surface area (TPSA) is 119 Å². The molecule has 2 aliphatic rings. The van der Waals surface area contributed by atoms with Crippen molar-refractivity contribution in [2.75, 3.05) is 79.4 Å². The Kier molecular flexibility index (Phi) is 53.6. The van der Waals surface area contributed by atoms with Gasteiger partial charge in [0, 0.05) is 39.3 Å². The van der Waals surface area contributed by atoms with Crippen LogP contribution in [0.25, 0.3) is 0 Å². The van der Waals surface area contributed by atoms with Crippen LogP contribution < -0.4 is 26.5 Å². The Balaban J connectivity index is -0.000000571. The van der Waals surface area contributed by atoms with Gasteiger partial charge in [-0.15, -0.1) is 13.2 Å². The van der Waals surface area contributed by atoms with Crippen molar-refractivity contribution in [3.8, 4) is 11.5 Å². The molecule has 2 fully saturated rings. The fraction of sp³-hybridized carbons (Fsp3) is 0.734. The summed E-state index contributed by atoms with van der Waals surface area (Å²) >= 11 is 0. The third kappa shape index (κ3) is 73.5. The molecule has 4 aromatic rings. The van der Waals surface area contributed by atoms with E-state index in [-0.39, 0.29) is 30.2 Å². The van der Waals surface area contributed by atoms with Gasteiger partial charge < -0.3 is 23.7 Å². The summed E-state index contributed by atoms with van der Waals surface area (Å²) in [5, 5.41) is 0. The third-order valence-corrected chi connectivity index (χ3v) is 14.3. The van der Waals surface area contributed by atoms with E-state index in [2.05, 4.69) is 313 Å². The van der Waals surface area contributed by atoms with E-state index in [1.165, 1.54) is 67.6 Å². The van der Waals surface area contributed by atoms with Crippen LogP contribution in [0.4, 0.5) is 0 Å². The fourth-order valence-electron chi connectivity index (χ4n) is 9.32. The number of hydrogen-bond donors (Lipinski definition) is 0. The first-order valence-corrected chi connectivity index (χ1v) is 40.3. The molecule has 3 heterocycles. The molecule has 0 radical (unpaired) electrons. The molecule has 0 N–H and O–H groups in total. The predicted octanol–water partition coefficient (Wildman–Crippen LogP) is 23.9. The minimum atomic E-state index is -0.623. The largest absolute Gasteiger partial charge is 0.497 e. The van der Waals surface area contributed by atoms with E-state index in [9.17, 15) is 14.4 Å². The zero-order chi connectivity index (χ0) is 84.1. The highest BCUT2D eigenvalue weighted by molar-refractivity contribution is 5.31. The summed E-state index contributed by atoms with van der Waals surface area (Å²) in [6.45, 7) is 98.0. The molecule has 0 saturated carbocycles. The number of benzene rings is 3. The van der Waals surface area contributed by atoms with Gasteiger partial charge >= 0.3 is 17.1 Å². The molecule has 13 heteroatoms. The molecule has 2 saturated heterocycles. The Morgan fingerprint density at radius 3 is 0.981 bits per heavy atom. The summed E-state index contributed by atoms with van der Waals surface area (Å²) in [5.74, 6) is 1.78. The van der Waals surface area contributed by atoms with Gasteiger partial charge in [0.05, 0.1) is 46.6 Å². The minimum Gasteiger partial charge on any atom is -0.497 e. The number of rotatable bonds is 19. The molecule has 0 spiro atoms. The van der Waals surface area contributed by atoms with Gasteiger partial charge in [0.25, 0.3) is 0 Å². The van der Waals surface area contributed by atoms with Crippen LogP contribution in [-0.4, -0.2) is 109 Å². The lowest BCUT2D eigenvalue weighted by molar-refractivity contribution is -0.0613. The minimum absolute atomic E-state index is 0.0777. The fourth-order valence-corrected chi connectivity index (χ4v) is 9.32. The Bertz CT molecular complexity index is 2880. The quantitative estimate of drug-likeness (QED) is 0.0663. The summed E-state index contributed by atoms with van der Waals surface area (Å²) < 4.78 is 29.8. The lowest BCUT2D eigenvalue weighted by atomic mass is 9.87. The maximum Gasteiger partial charge on any atom is 0.336 e. The number of morpholine rings is 2. The second kappa shape index (κ2) is 53.0. The van der Waals surface area contributed by atoms with Crippen molar-refractivity contribution in [1.82, 2.24) is 23.5 Å². The number of hydrogen-bond acceptors (Lipinski definition) is 10. The second-order valence-corrected chi connectivity index (χ2v) is 41.8. The van der Waals surface area contributed by atoms with Crippen LogP contribution in [0.5, 0.6) is 11.5 Å². The van der Waals surface area contributed by atoms with Crippen molar-refractivity contribution in [3.63, 3.8) is 0 Å². The first-order valence-electron chi connectivity index (χ1n) is 40.3. The molecular weight excluding hydrogens is 1330 g/mol. The zero-order valence-electron chi connectivity index (χ0n) is 77.0. The molecule has 6 rings (SSSR count). The van der Waals surface area contributed by atoms with Crippen LogP contribution >= 0.6 is 0 Å². The zero-order valence-corrected chi connectivity index (χ0v) is 77.0. The first kappa shape index (κ1) is 108. The lowest BCUT2D eigenvalue weighted by Crippen LogP contribution is -2.54. The number of allylic oxidation sites excluding steroid dienone is 2. The predicted molar refractivity (Wildman–Crippen MR) is 469 cm³/mol. The molecule has 0 bridgehead atoms. The van der Waals surface area contributed by atoms with Gasteiger partial charge in [0.15, 0.2) is 6.29 Å². The van der Waals surface area contributed by atoms with E-state index in [1.807, 2.05) is 38.1 Å². The smallest absolute Gasteiger partial charge is 0.336 e. The number of methoxy groups -OCH3 is 1. The van der Waals surface area contributed by atoms with Gasteiger partial charge in [0.1, 0.15) is 11.5 Å². The van der Waals surface area contributed by atoms with Crippen LogP contribution in [-0.2, 0) is 51.1 Å². The molecule has 1 unspecified atom stereocenters. The van der Waals surface area contributed by atoms with E-state index in [1.54, 1.807) is 7.11 Å². The number of aromatic nitrogens is 3. The molecule has 0 aliphatic carbocycles. The average Bonchev–Trinajstić information content (AvgIpc) is 0.787. The van der Waals surface area contributed by atoms with Crippen LogP contribution in [0.3, 0.4) is 0 Å². The van der Waals surface area contributed by atoms with Crippen LogP contribution in [0.1, 0.15) is 304 Å². The molecule has 1 atom stereocenters. The second-order valence-electron chi connectivity index (χ2n) is 41.8. The molecule has 107 heavy (non-hydrogen) atoms. The van der Waals surface area contributed by atoms with E-state index in [0.717, 1.165) is 90.6 Å². The van der Waals surface area contributed by atoms with Crippen LogP contribution in [0.15, 0.2) is 119 Å². The summed E-state index contributed by atoms with van der Waals surface area (Å²) in [6, 6.07) is 27.0. The Morgan fingerprint density at radius 1 is 0.411 bits per heavy atom. The Hall–Kier alpha value is -5.05. The average molecular weight is 1500 g/mol. The monoisotopic (exact) mass is 1500 g/mol. The highest BCUT2D eigenvalue weighted by Crippen LogP contribution is 2.27. The summed E-state index contributed by atoms with van der Waals surface area (Å²) in [5.41, 5.74) is 6.24. The van der Waals surface area contributed by atoms with Gasteiger partial charge in [-0.1, -0.05) is 302 Å². The van der Waals surface area contributed by atoms with E-state index < -0.39 is 17.1 Å². The van der Waals surface area contributed by atoms with Crippen molar-refractivity contribution < 1.29 is 23.7 Å². The standard InChI is InChI=1S/C16H25N3O3.C14H22O2.C12H18O.2C11H23NO.C10H14.4C5H12/c1-6-10-17-13(20)18(11-7-2)15(22)19(14(17)21)12-8-9-16(3,4)5;1-6-15-11(2)16-13-9-7-12(8-10-13)14(3,4)5;1-12(2,3)9-10-5-7-11(13-4)8-6-10;2*1-11(2,3)5-4-6-12-7-9-13-10-8-12;1-10(2,3)9-7-5-4-6-8-9;4*1-5(2,3)4/h6-7H,1-2,8-12H2,3-5H3;7-11H,6H2,1-5H3;5-8H,9H2,1-4H3;2*4-10H2,1-3H3;4-8H,1-3H3;4*1-4H3. The third-order valence-electron chi connectivity index (χ3n) is 14.3.